The van der Waals surface area contributed by atoms with Crippen molar-refractivity contribution in [2.24, 2.45) is 0 Å². The van der Waals surface area contributed by atoms with Crippen LogP contribution in [0.25, 0.3) is 5.65 Å². The predicted octanol–water partition coefficient (Wildman–Crippen LogP) is 2.19. The molecule has 1 unspecified atom stereocenters. The number of methoxy groups -OCH3 is 1. The highest BCUT2D eigenvalue weighted by Gasteiger charge is 2.37. The van der Waals surface area contributed by atoms with Gasteiger partial charge in [0.2, 0.25) is 0 Å². The van der Waals surface area contributed by atoms with Crippen LogP contribution >= 0.6 is 11.8 Å². The molecule has 0 spiro atoms. The van der Waals surface area contributed by atoms with Crippen molar-refractivity contribution < 1.29 is 22.7 Å². The normalized spacial score (nSPS) is 13.4. The van der Waals surface area contributed by atoms with Crippen LogP contribution in [0.3, 0.4) is 0 Å². The molecular weight excluding hydrogens is 309 g/mol. The minimum absolute atomic E-state index is 0.00676. The lowest BCUT2D eigenvalue weighted by Gasteiger charge is -2.09. The van der Waals surface area contributed by atoms with Crippen LogP contribution in [0.1, 0.15) is 19.2 Å². The third-order valence-electron chi connectivity index (χ3n) is 2.50. The van der Waals surface area contributed by atoms with Crippen LogP contribution in [0.2, 0.25) is 0 Å². The Kier molecular flexibility index (Phi) is 4.35. The summed E-state index contributed by atoms with van der Waals surface area (Å²) in [5, 5.41) is 10.5. The van der Waals surface area contributed by atoms with E-state index in [0.717, 1.165) is 0 Å². The molecule has 0 aliphatic carbocycles. The molecule has 0 aliphatic heterocycles. The third-order valence-corrected chi connectivity index (χ3v) is 3.52. The van der Waals surface area contributed by atoms with Crippen LogP contribution < -0.4 is 0 Å². The smallest absolute Gasteiger partial charge is 0.453 e. The van der Waals surface area contributed by atoms with Crippen LogP contribution in [0, 0.1) is 0 Å². The summed E-state index contributed by atoms with van der Waals surface area (Å²) in [4.78, 5) is 11.1. The van der Waals surface area contributed by atoms with Crippen molar-refractivity contribution in [3.8, 4) is 0 Å². The number of carbonyl (C=O) groups is 1. The van der Waals surface area contributed by atoms with Crippen LogP contribution in [0.5, 0.6) is 0 Å². The topological polar surface area (TPSA) is 69.4 Å². The molecule has 0 saturated heterocycles. The van der Waals surface area contributed by atoms with Gasteiger partial charge in [0, 0.05) is 5.25 Å². The van der Waals surface area contributed by atoms with Crippen LogP contribution in [-0.4, -0.2) is 38.1 Å². The Balaban J connectivity index is 2.24. The van der Waals surface area contributed by atoms with Gasteiger partial charge >= 0.3 is 12.1 Å². The lowest BCUT2D eigenvalue weighted by molar-refractivity contribution is -0.146. The minimum Gasteiger partial charge on any atom is -0.469 e. The first-order valence-electron chi connectivity index (χ1n) is 5.84. The lowest BCUT2D eigenvalue weighted by atomic mass is 10.3. The Labute approximate surface area is 121 Å². The Bertz CT molecular complexity index is 658. The van der Waals surface area contributed by atoms with Crippen molar-refractivity contribution in [2.75, 3.05) is 7.11 Å². The molecule has 21 heavy (non-hydrogen) atoms. The summed E-state index contributed by atoms with van der Waals surface area (Å²) in [6.07, 6.45) is -4.50. The molecule has 0 N–H and O–H groups in total. The number of esters is 1. The first kappa shape index (κ1) is 15.5. The zero-order valence-electron chi connectivity index (χ0n) is 11.1. The van der Waals surface area contributed by atoms with Crippen molar-refractivity contribution in [3.63, 3.8) is 0 Å². The fraction of sp³-hybridized carbons (Fsp3) is 0.455. The number of fused-ring (bicyclic) bond motifs is 1. The van der Waals surface area contributed by atoms with Gasteiger partial charge in [-0.1, -0.05) is 6.92 Å². The number of ether oxygens (including phenoxy) is 1. The summed E-state index contributed by atoms with van der Waals surface area (Å²) < 4.78 is 43.4. The van der Waals surface area contributed by atoms with Gasteiger partial charge in [-0.25, -0.2) is 0 Å². The summed E-state index contributed by atoms with van der Waals surface area (Å²) in [5.41, 5.74) is 0.00676. The van der Waals surface area contributed by atoms with Crippen LogP contribution in [0.4, 0.5) is 13.2 Å². The van der Waals surface area contributed by atoms with Gasteiger partial charge < -0.3 is 4.74 Å². The largest absolute Gasteiger partial charge is 0.469 e. The zero-order valence-corrected chi connectivity index (χ0v) is 11.9. The first-order valence-corrected chi connectivity index (χ1v) is 6.72. The number of hydrogen-bond acceptors (Lipinski definition) is 6. The molecule has 0 amide bonds. The lowest BCUT2D eigenvalue weighted by Crippen LogP contribution is -2.13. The van der Waals surface area contributed by atoms with E-state index in [9.17, 15) is 18.0 Å². The average molecular weight is 320 g/mol. The molecule has 2 aromatic rings. The van der Waals surface area contributed by atoms with Crippen LogP contribution in [-0.2, 0) is 15.7 Å². The molecule has 0 radical (unpaired) electrons. The van der Waals surface area contributed by atoms with Crippen molar-refractivity contribution >= 4 is 23.4 Å². The maximum Gasteiger partial charge on any atom is 0.453 e. The maximum absolute atomic E-state index is 12.7. The van der Waals surface area contributed by atoms with Gasteiger partial charge in [0.15, 0.2) is 5.65 Å². The molecule has 0 aromatic carbocycles. The van der Waals surface area contributed by atoms with Crippen molar-refractivity contribution in [3.05, 3.63) is 18.0 Å². The maximum atomic E-state index is 12.7. The highest BCUT2D eigenvalue weighted by Crippen LogP contribution is 2.29. The second-order valence-corrected chi connectivity index (χ2v) is 5.63. The molecule has 1 atom stereocenters. The van der Waals surface area contributed by atoms with E-state index in [1.807, 2.05) is 0 Å². The van der Waals surface area contributed by atoms with E-state index in [0.29, 0.717) is 9.54 Å². The molecule has 0 aliphatic rings. The Hall–Kier alpha value is -1.84. The molecule has 6 nitrogen and oxygen atoms in total. The third kappa shape index (κ3) is 3.63. The Morgan fingerprint density at radius 2 is 2.14 bits per heavy atom. The summed E-state index contributed by atoms with van der Waals surface area (Å²) in [7, 11) is 1.27. The molecule has 2 rings (SSSR count). The predicted molar refractivity (Wildman–Crippen MR) is 67.7 cm³/mol. The minimum atomic E-state index is -4.63. The summed E-state index contributed by atoms with van der Waals surface area (Å²) >= 11 is 1.17. The van der Waals surface area contributed by atoms with E-state index >= 15 is 0 Å². The number of alkyl halides is 3. The summed E-state index contributed by atoms with van der Waals surface area (Å²) in [6, 6.07) is 2.92. The summed E-state index contributed by atoms with van der Waals surface area (Å²) in [5.74, 6) is -1.57. The number of rotatable bonds is 4. The fourth-order valence-corrected chi connectivity index (χ4v) is 2.48. The van der Waals surface area contributed by atoms with E-state index in [2.05, 4.69) is 20.0 Å². The van der Waals surface area contributed by atoms with Gasteiger partial charge in [0.05, 0.1) is 13.5 Å². The molecule has 0 saturated carbocycles. The second-order valence-electron chi connectivity index (χ2n) is 4.17. The van der Waals surface area contributed by atoms with Crippen molar-refractivity contribution in [1.82, 2.24) is 19.8 Å². The van der Waals surface area contributed by atoms with E-state index < -0.39 is 18.0 Å². The monoisotopic (exact) mass is 320 g/mol. The van der Waals surface area contributed by atoms with Gasteiger partial charge in [0.1, 0.15) is 5.03 Å². The van der Waals surface area contributed by atoms with Gasteiger partial charge in [0.25, 0.3) is 5.82 Å². The van der Waals surface area contributed by atoms with E-state index in [4.69, 9.17) is 0 Å². The van der Waals surface area contributed by atoms with Gasteiger partial charge in [-0.2, -0.15) is 22.8 Å². The molecule has 2 heterocycles. The quantitative estimate of drug-likeness (QED) is 0.635. The van der Waals surface area contributed by atoms with Gasteiger partial charge in [-0.3, -0.25) is 4.79 Å². The number of aromatic nitrogens is 4. The Morgan fingerprint density at radius 3 is 2.76 bits per heavy atom. The van der Waals surface area contributed by atoms with Gasteiger partial charge in [-0.05, 0) is 12.1 Å². The molecule has 0 fully saturated rings. The molecular formula is C11H11F3N4O2S. The number of hydrogen-bond donors (Lipinski definition) is 0. The molecule has 2 aromatic heterocycles. The number of carbonyl (C=O) groups excluding carboxylic acids is 1. The average Bonchev–Trinajstić information content (AvgIpc) is 2.81. The molecule has 0 bridgehead atoms. The number of halogens is 3. The summed E-state index contributed by atoms with van der Waals surface area (Å²) in [6.45, 7) is 1.75. The van der Waals surface area contributed by atoms with Gasteiger partial charge in [-0.15, -0.1) is 22.0 Å². The van der Waals surface area contributed by atoms with E-state index in [1.54, 1.807) is 6.92 Å². The number of nitrogens with zero attached hydrogens (tertiary/aromatic N) is 4. The van der Waals surface area contributed by atoms with Crippen molar-refractivity contribution in [1.29, 1.82) is 0 Å². The standard InChI is InChI=1S/C11H11F3N4O2S/c1-6(5-9(19)20-2)21-8-4-3-7-15-16-10(11(12,13)14)18(7)17-8/h3-4,6H,5H2,1-2H3. The van der Waals surface area contributed by atoms with Crippen molar-refractivity contribution in [2.45, 2.75) is 29.8 Å². The first-order chi connectivity index (χ1) is 9.81. The SMILES string of the molecule is COC(=O)CC(C)Sc1ccc2nnc(C(F)(F)F)n2n1. The second kappa shape index (κ2) is 5.88. The number of thioether (sulfide) groups is 1. The molecule has 10 heteroatoms. The Morgan fingerprint density at radius 1 is 1.43 bits per heavy atom. The zero-order chi connectivity index (χ0) is 15.6. The van der Waals surface area contributed by atoms with E-state index in [1.165, 1.54) is 31.0 Å². The highest BCUT2D eigenvalue weighted by atomic mass is 32.2. The van der Waals surface area contributed by atoms with E-state index in [-0.39, 0.29) is 17.3 Å². The fourth-order valence-electron chi connectivity index (χ4n) is 1.58. The highest BCUT2D eigenvalue weighted by molar-refractivity contribution is 7.99. The molecule has 114 valence electrons. The van der Waals surface area contributed by atoms with Crippen LogP contribution in [0.15, 0.2) is 17.2 Å².